The summed E-state index contributed by atoms with van der Waals surface area (Å²) in [5.74, 6) is 0.312. The predicted octanol–water partition coefficient (Wildman–Crippen LogP) is 2.29. The number of rotatable bonds is 4. The molecule has 0 aromatic rings. The lowest BCUT2D eigenvalue weighted by Gasteiger charge is -2.27. The van der Waals surface area contributed by atoms with Crippen LogP contribution in [0.4, 0.5) is 4.79 Å². The number of alkyl carbamates (subject to hydrolysis) is 1. The Morgan fingerprint density at radius 2 is 1.94 bits per heavy atom. The summed E-state index contributed by atoms with van der Waals surface area (Å²) >= 11 is 3.45. The highest BCUT2D eigenvalue weighted by atomic mass is 79.9. The lowest BCUT2D eigenvalue weighted by atomic mass is 10.0. The predicted molar refractivity (Wildman–Crippen MR) is 67.8 cm³/mol. The Hall–Kier alpha value is -0.290. The van der Waals surface area contributed by atoms with Gasteiger partial charge in [-0.1, -0.05) is 29.8 Å². The summed E-state index contributed by atoms with van der Waals surface area (Å²) in [6.45, 7) is 9.31. The molecule has 0 aromatic heterocycles. The summed E-state index contributed by atoms with van der Waals surface area (Å²) in [7, 11) is 0. The van der Waals surface area contributed by atoms with Gasteiger partial charge in [0.15, 0.2) is 0 Å². The molecule has 0 bridgehead atoms. The zero-order valence-electron chi connectivity index (χ0n) is 10.6. The molecule has 2 unspecified atom stereocenters. The smallest absolute Gasteiger partial charge is 0.407 e. The second-order valence-corrected chi connectivity index (χ2v) is 6.18. The van der Waals surface area contributed by atoms with E-state index in [-0.39, 0.29) is 17.5 Å². The second-order valence-electron chi connectivity index (χ2n) is 5.12. The number of ether oxygens (including phenoxy) is 1. The van der Waals surface area contributed by atoms with Gasteiger partial charge in [0.05, 0.1) is 12.6 Å². The maximum Gasteiger partial charge on any atom is 0.407 e. The topological polar surface area (TPSA) is 58.6 Å². The van der Waals surface area contributed by atoms with E-state index in [1.807, 2.05) is 13.8 Å². The maximum absolute atomic E-state index is 11.5. The van der Waals surface area contributed by atoms with Crippen molar-refractivity contribution in [2.75, 3.05) is 6.61 Å². The standard InChI is InChI=1S/C11H22BrNO3/c1-7(2)9(12)8(6-14)13-10(15)16-11(3,4)5/h7-9,14H,6H2,1-5H3,(H,13,15). The number of carbonyl (C=O) groups is 1. The van der Waals surface area contributed by atoms with E-state index in [0.29, 0.717) is 5.92 Å². The Labute approximate surface area is 106 Å². The molecule has 0 aliphatic carbocycles. The van der Waals surface area contributed by atoms with Crippen LogP contribution in [0.15, 0.2) is 0 Å². The lowest BCUT2D eigenvalue weighted by Crippen LogP contribution is -2.47. The fourth-order valence-electron chi connectivity index (χ4n) is 1.15. The van der Waals surface area contributed by atoms with Gasteiger partial charge in [-0.25, -0.2) is 4.79 Å². The van der Waals surface area contributed by atoms with Crippen LogP contribution in [0.5, 0.6) is 0 Å². The first-order chi connectivity index (χ1) is 7.17. The molecule has 2 atom stereocenters. The molecule has 0 saturated heterocycles. The highest BCUT2D eigenvalue weighted by Gasteiger charge is 2.25. The molecular weight excluding hydrogens is 274 g/mol. The van der Waals surface area contributed by atoms with Gasteiger partial charge in [-0.2, -0.15) is 0 Å². The van der Waals surface area contributed by atoms with Crippen LogP contribution >= 0.6 is 15.9 Å². The molecule has 0 rings (SSSR count). The van der Waals surface area contributed by atoms with Crippen LogP contribution in [0, 0.1) is 5.92 Å². The van der Waals surface area contributed by atoms with Crippen molar-refractivity contribution in [1.82, 2.24) is 5.32 Å². The summed E-state index contributed by atoms with van der Waals surface area (Å²) in [4.78, 5) is 11.5. The van der Waals surface area contributed by atoms with Crippen LogP contribution < -0.4 is 5.32 Å². The summed E-state index contributed by atoms with van der Waals surface area (Å²) in [5.41, 5.74) is -0.524. The summed E-state index contributed by atoms with van der Waals surface area (Å²) < 4.78 is 5.12. The molecule has 16 heavy (non-hydrogen) atoms. The minimum absolute atomic E-state index is 0.0185. The van der Waals surface area contributed by atoms with Crippen molar-refractivity contribution in [1.29, 1.82) is 0 Å². The van der Waals surface area contributed by atoms with Gasteiger partial charge in [-0.05, 0) is 26.7 Å². The average Bonchev–Trinajstić information content (AvgIpc) is 2.09. The number of aliphatic hydroxyl groups excluding tert-OH is 1. The molecule has 0 fully saturated rings. The van der Waals surface area contributed by atoms with Crippen molar-refractivity contribution in [2.45, 2.75) is 51.1 Å². The molecular formula is C11H22BrNO3. The molecule has 96 valence electrons. The molecule has 0 aromatic carbocycles. The Morgan fingerprint density at radius 3 is 2.25 bits per heavy atom. The largest absolute Gasteiger partial charge is 0.444 e. The minimum atomic E-state index is -0.524. The van der Waals surface area contributed by atoms with Crippen molar-refractivity contribution in [3.05, 3.63) is 0 Å². The van der Waals surface area contributed by atoms with Crippen LogP contribution in [0.25, 0.3) is 0 Å². The molecule has 5 heteroatoms. The summed E-state index contributed by atoms with van der Waals surface area (Å²) in [5, 5.41) is 11.8. The third-order valence-corrected chi connectivity index (χ3v) is 3.62. The van der Waals surface area contributed by atoms with Crippen LogP contribution in [0.1, 0.15) is 34.6 Å². The van der Waals surface area contributed by atoms with E-state index in [9.17, 15) is 9.90 Å². The Bertz CT molecular complexity index is 226. The number of carbonyl (C=O) groups excluding carboxylic acids is 1. The van der Waals surface area contributed by atoms with E-state index in [0.717, 1.165) is 0 Å². The van der Waals surface area contributed by atoms with Crippen molar-refractivity contribution in [3.63, 3.8) is 0 Å². The number of hydrogen-bond donors (Lipinski definition) is 2. The van der Waals surface area contributed by atoms with E-state index in [2.05, 4.69) is 21.2 Å². The molecule has 0 heterocycles. The molecule has 0 spiro atoms. The van der Waals surface area contributed by atoms with Gasteiger partial charge in [0, 0.05) is 4.83 Å². The van der Waals surface area contributed by atoms with Gasteiger partial charge in [0.1, 0.15) is 5.60 Å². The summed E-state index contributed by atoms with van der Waals surface area (Å²) in [6.07, 6.45) is -0.503. The van der Waals surface area contributed by atoms with E-state index in [4.69, 9.17) is 4.74 Å². The number of nitrogens with one attached hydrogen (secondary N) is 1. The first kappa shape index (κ1) is 15.7. The number of aliphatic hydroxyl groups is 1. The Balaban J connectivity index is 4.28. The first-order valence-corrected chi connectivity index (χ1v) is 6.33. The SMILES string of the molecule is CC(C)C(Br)C(CO)NC(=O)OC(C)(C)C. The quantitative estimate of drug-likeness (QED) is 0.783. The maximum atomic E-state index is 11.5. The van der Waals surface area contributed by atoms with Gasteiger partial charge in [0.25, 0.3) is 0 Å². The second kappa shape index (κ2) is 6.45. The van der Waals surface area contributed by atoms with E-state index >= 15 is 0 Å². The zero-order chi connectivity index (χ0) is 12.9. The van der Waals surface area contributed by atoms with Crippen molar-refractivity contribution in [3.8, 4) is 0 Å². The van der Waals surface area contributed by atoms with E-state index in [1.54, 1.807) is 20.8 Å². The van der Waals surface area contributed by atoms with Gasteiger partial charge >= 0.3 is 6.09 Å². The number of hydrogen-bond acceptors (Lipinski definition) is 3. The molecule has 0 aliphatic heterocycles. The summed E-state index contributed by atoms with van der Waals surface area (Å²) in [6, 6.07) is -0.338. The molecule has 4 nitrogen and oxygen atoms in total. The number of alkyl halides is 1. The van der Waals surface area contributed by atoms with Crippen molar-refractivity contribution in [2.24, 2.45) is 5.92 Å². The monoisotopic (exact) mass is 295 g/mol. The van der Waals surface area contributed by atoms with Gasteiger partial charge in [0.2, 0.25) is 0 Å². The first-order valence-electron chi connectivity index (χ1n) is 5.42. The van der Waals surface area contributed by atoms with Crippen LogP contribution in [0.3, 0.4) is 0 Å². The number of amides is 1. The van der Waals surface area contributed by atoms with Crippen LogP contribution in [-0.2, 0) is 4.74 Å². The molecule has 1 amide bonds. The van der Waals surface area contributed by atoms with E-state index < -0.39 is 11.7 Å². The average molecular weight is 296 g/mol. The Kier molecular flexibility index (Phi) is 6.33. The minimum Gasteiger partial charge on any atom is -0.444 e. The van der Waals surface area contributed by atoms with Crippen LogP contribution in [0.2, 0.25) is 0 Å². The molecule has 0 saturated carbocycles. The van der Waals surface area contributed by atoms with Crippen LogP contribution in [-0.4, -0.2) is 34.3 Å². The highest BCUT2D eigenvalue weighted by molar-refractivity contribution is 9.09. The van der Waals surface area contributed by atoms with Crippen molar-refractivity contribution >= 4 is 22.0 Å². The van der Waals surface area contributed by atoms with E-state index in [1.165, 1.54) is 0 Å². The third kappa shape index (κ3) is 6.33. The zero-order valence-corrected chi connectivity index (χ0v) is 12.2. The highest BCUT2D eigenvalue weighted by Crippen LogP contribution is 2.16. The molecule has 0 radical (unpaired) electrons. The van der Waals surface area contributed by atoms with Gasteiger partial charge in [-0.3, -0.25) is 0 Å². The van der Waals surface area contributed by atoms with Gasteiger partial charge in [-0.15, -0.1) is 0 Å². The molecule has 0 aliphatic rings. The van der Waals surface area contributed by atoms with Crippen molar-refractivity contribution < 1.29 is 14.6 Å². The lowest BCUT2D eigenvalue weighted by molar-refractivity contribution is 0.0478. The number of halogens is 1. The molecule has 2 N–H and O–H groups in total. The normalized spacial score (nSPS) is 15.8. The Morgan fingerprint density at radius 1 is 1.44 bits per heavy atom. The fraction of sp³-hybridized carbons (Fsp3) is 0.909. The fourth-order valence-corrected chi connectivity index (χ4v) is 1.45. The van der Waals surface area contributed by atoms with Gasteiger partial charge < -0.3 is 15.2 Å². The third-order valence-electron chi connectivity index (χ3n) is 1.92.